The van der Waals surface area contributed by atoms with Crippen molar-refractivity contribution in [2.24, 2.45) is 0 Å². The fraction of sp³-hybridized carbons (Fsp3) is 0.154. The maximum absolute atomic E-state index is 11.6. The minimum absolute atomic E-state index is 0.386. The van der Waals surface area contributed by atoms with E-state index in [1.165, 1.54) is 12.1 Å². The van der Waals surface area contributed by atoms with Crippen molar-refractivity contribution in [3.8, 4) is 0 Å². The first-order valence-corrected chi connectivity index (χ1v) is 6.43. The number of carbonyl (C=O) groups excluding carboxylic acids is 1. The highest BCUT2D eigenvalue weighted by molar-refractivity contribution is 6.34. The van der Waals surface area contributed by atoms with Gasteiger partial charge in [-0.05, 0) is 29.8 Å². The van der Waals surface area contributed by atoms with Crippen LogP contribution < -0.4 is 5.32 Å². The topological polar surface area (TPSA) is 104 Å². The molecule has 0 spiro atoms. The average molecular weight is 332 g/mol. The highest BCUT2D eigenvalue weighted by atomic mass is 35.5. The molecule has 21 heavy (non-hydrogen) atoms. The number of rotatable bonds is 6. The third-order valence-electron chi connectivity index (χ3n) is 2.31. The Morgan fingerprint density at radius 2 is 1.71 bits per heavy atom. The zero-order valence-electron chi connectivity index (χ0n) is 10.5. The van der Waals surface area contributed by atoms with Crippen LogP contribution in [0.25, 0.3) is 6.08 Å². The number of hydrogen-bond acceptors (Lipinski definition) is 3. The van der Waals surface area contributed by atoms with Gasteiger partial charge in [0, 0.05) is 16.1 Å². The fourth-order valence-electron chi connectivity index (χ4n) is 1.44. The van der Waals surface area contributed by atoms with Crippen molar-refractivity contribution in [3.05, 3.63) is 39.9 Å². The Morgan fingerprint density at radius 1 is 1.14 bits per heavy atom. The fourth-order valence-corrected chi connectivity index (χ4v) is 1.98. The lowest BCUT2D eigenvalue weighted by atomic mass is 10.2. The number of carbonyl (C=O) groups is 3. The summed E-state index contributed by atoms with van der Waals surface area (Å²) < 4.78 is 0. The number of aliphatic carboxylic acids is 2. The number of benzene rings is 1. The van der Waals surface area contributed by atoms with Gasteiger partial charge in [-0.25, -0.2) is 4.79 Å². The summed E-state index contributed by atoms with van der Waals surface area (Å²) >= 11 is 11.6. The quantitative estimate of drug-likeness (QED) is 0.692. The molecular formula is C13H11Cl2NO5. The third kappa shape index (κ3) is 6.29. The van der Waals surface area contributed by atoms with Crippen LogP contribution in [-0.4, -0.2) is 34.1 Å². The van der Waals surface area contributed by atoms with Crippen LogP contribution >= 0.6 is 23.2 Å². The van der Waals surface area contributed by atoms with E-state index in [2.05, 4.69) is 5.32 Å². The maximum Gasteiger partial charge on any atom is 0.326 e. The molecule has 0 aliphatic carbocycles. The number of carboxylic acid groups (broad SMARTS) is 2. The van der Waals surface area contributed by atoms with Crippen LogP contribution in [-0.2, 0) is 14.4 Å². The Morgan fingerprint density at radius 3 is 2.19 bits per heavy atom. The summed E-state index contributed by atoms with van der Waals surface area (Å²) in [7, 11) is 0. The molecule has 112 valence electrons. The molecule has 0 aliphatic heterocycles. The van der Waals surface area contributed by atoms with Crippen molar-refractivity contribution in [1.29, 1.82) is 0 Å². The predicted molar refractivity (Wildman–Crippen MR) is 77.3 cm³/mol. The zero-order chi connectivity index (χ0) is 16.0. The normalized spacial score (nSPS) is 12.1. The minimum Gasteiger partial charge on any atom is -0.481 e. The number of carboxylic acids is 2. The molecule has 1 aromatic carbocycles. The lowest BCUT2D eigenvalue weighted by Crippen LogP contribution is -2.41. The molecule has 0 bridgehead atoms. The van der Waals surface area contributed by atoms with Gasteiger partial charge in [-0.1, -0.05) is 23.2 Å². The van der Waals surface area contributed by atoms with E-state index in [1.54, 1.807) is 12.1 Å². The largest absolute Gasteiger partial charge is 0.481 e. The highest BCUT2D eigenvalue weighted by Gasteiger charge is 2.21. The third-order valence-corrected chi connectivity index (χ3v) is 2.74. The van der Waals surface area contributed by atoms with Crippen molar-refractivity contribution >= 4 is 47.1 Å². The Labute approximate surface area is 130 Å². The molecule has 1 atom stereocenters. The molecule has 0 heterocycles. The lowest BCUT2D eigenvalue weighted by Gasteiger charge is -2.10. The lowest BCUT2D eigenvalue weighted by molar-refractivity contribution is -0.146. The van der Waals surface area contributed by atoms with Crippen LogP contribution in [0, 0.1) is 0 Å². The van der Waals surface area contributed by atoms with Gasteiger partial charge in [-0.3, -0.25) is 9.59 Å². The Kier molecular flexibility index (Phi) is 6.20. The highest BCUT2D eigenvalue weighted by Crippen LogP contribution is 2.19. The molecule has 0 aliphatic rings. The predicted octanol–water partition coefficient (Wildman–Crippen LogP) is 2.05. The zero-order valence-corrected chi connectivity index (χ0v) is 12.1. The summed E-state index contributed by atoms with van der Waals surface area (Å²) in [5, 5.41) is 20.2. The second-order valence-electron chi connectivity index (χ2n) is 4.03. The number of hydrogen-bond donors (Lipinski definition) is 3. The van der Waals surface area contributed by atoms with Crippen molar-refractivity contribution in [3.63, 3.8) is 0 Å². The monoisotopic (exact) mass is 331 g/mol. The van der Waals surface area contributed by atoms with E-state index >= 15 is 0 Å². The van der Waals surface area contributed by atoms with Crippen LogP contribution in [0.2, 0.25) is 10.0 Å². The molecule has 0 aromatic heterocycles. The van der Waals surface area contributed by atoms with Gasteiger partial charge in [0.05, 0.1) is 6.42 Å². The smallest absolute Gasteiger partial charge is 0.326 e. The number of halogens is 2. The molecule has 6 nitrogen and oxygen atoms in total. The average Bonchev–Trinajstić information content (AvgIpc) is 2.33. The molecular weight excluding hydrogens is 321 g/mol. The van der Waals surface area contributed by atoms with Gasteiger partial charge in [-0.2, -0.15) is 0 Å². The van der Waals surface area contributed by atoms with Crippen LogP contribution in [0.15, 0.2) is 24.3 Å². The van der Waals surface area contributed by atoms with Crippen molar-refractivity contribution < 1.29 is 24.6 Å². The van der Waals surface area contributed by atoms with Crippen molar-refractivity contribution in [2.45, 2.75) is 12.5 Å². The molecule has 0 radical (unpaired) electrons. The molecule has 1 rings (SSSR count). The van der Waals surface area contributed by atoms with Crippen LogP contribution in [0.1, 0.15) is 12.0 Å². The standard InChI is InChI=1S/C13H11Cl2NO5/c14-8-3-7(4-9(15)5-8)1-2-11(17)16-10(13(20)21)6-12(18)19/h1-5,10H,6H2,(H,16,17)(H,18,19)(H,20,21)/b2-1+. The summed E-state index contributed by atoms with van der Waals surface area (Å²) in [6, 6.07) is 3.14. The molecule has 1 amide bonds. The Bertz CT molecular complexity index is 580. The van der Waals surface area contributed by atoms with E-state index in [1.807, 2.05) is 0 Å². The first kappa shape index (κ1) is 17.0. The maximum atomic E-state index is 11.6. The molecule has 1 aromatic rings. The summed E-state index contributed by atoms with van der Waals surface area (Å²) in [6.07, 6.45) is 1.74. The molecule has 8 heteroatoms. The van der Waals surface area contributed by atoms with E-state index in [4.69, 9.17) is 33.4 Å². The van der Waals surface area contributed by atoms with Gasteiger partial charge in [0.25, 0.3) is 0 Å². The van der Waals surface area contributed by atoms with Gasteiger partial charge < -0.3 is 15.5 Å². The van der Waals surface area contributed by atoms with E-state index in [9.17, 15) is 14.4 Å². The van der Waals surface area contributed by atoms with Crippen molar-refractivity contribution in [2.75, 3.05) is 0 Å². The number of amides is 1. The van der Waals surface area contributed by atoms with Gasteiger partial charge in [0.2, 0.25) is 5.91 Å². The van der Waals surface area contributed by atoms with Crippen molar-refractivity contribution in [1.82, 2.24) is 5.32 Å². The van der Waals surface area contributed by atoms with E-state index < -0.39 is 30.3 Å². The molecule has 0 saturated heterocycles. The van der Waals surface area contributed by atoms with E-state index in [0.717, 1.165) is 6.08 Å². The number of nitrogens with one attached hydrogen (secondary N) is 1. The van der Waals surface area contributed by atoms with Gasteiger partial charge in [-0.15, -0.1) is 0 Å². The molecule has 3 N–H and O–H groups in total. The second-order valence-corrected chi connectivity index (χ2v) is 4.91. The second kappa shape index (κ2) is 7.66. The van der Waals surface area contributed by atoms with E-state index in [-0.39, 0.29) is 0 Å². The molecule has 0 saturated carbocycles. The summed E-state index contributed by atoms with van der Waals surface area (Å²) in [5.74, 6) is -3.49. The first-order chi connectivity index (χ1) is 9.77. The van der Waals surface area contributed by atoms with Crippen LogP contribution in [0.5, 0.6) is 0 Å². The Balaban J connectivity index is 2.73. The minimum atomic E-state index is -1.50. The Hall–Kier alpha value is -2.05. The van der Waals surface area contributed by atoms with Crippen LogP contribution in [0.3, 0.4) is 0 Å². The van der Waals surface area contributed by atoms with Gasteiger partial charge in [0.15, 0.2) is 0 Å². The van der Waals surface area contributed by atoms with Gasteiger partial charge in [0.1, 0.15) is 6.04 Å². The van der Waals surface area contributed by atoms with Crippen LogP contribution in [0.4, 0.5) is 0 Å². The van der Waals surface area contributed by atoms with E-state index in [0.29, 0.717) is 15.6 Å². The molecule has 0 fully saturated rings. The summed E-state index contributed by atoms with van der Waals surface area (Å²) in [5.41, 5.74) is 0.549. The SMILES string of the molecule is O=C(O)CC(NC(=O)/C=C/c1cc(Cl)cc(Cl)c1)C(=O)O. The summed E-state index contributed by atoms with van der Waals surface area (Å²) in [4.78, 5) is 32.8. The van der Waals surface area contributed by atoms with Gasteiger partial charge >= 0.3 is 11.9 Å². The first-order valence-electron chi connectivity index (χ1n) is 5.67. The molecule has 1 unspecified atom stereocenters. The summed E-state index contributed by atoms with van der Waals surface area (Å²) in [6.45, 7) is 0.